The number of fused-ring (bicyclic) bond motifs is 1. The predicted octanol–water partition coefficient (Wildman–Crippen LogP) is -0.842. The molecule has 10 nitrogen and oxygen atoms in total. The molecule has 2 aromatic rings. The van der Waals surface area contributed by atoms with Crippen molar-refractivity contribution >= 4 is 47.2 Å². The average molecular weight is 436 g/mol. The first kappa shape index (κ1) is 23.2. The molecule has 1 aromatic carbocycles. The number of aromatic nitrogens is 1. The fraction of sp³-hybridized carbons (Fsp3) is 0.368. The van der Waals surface area contributed by atoms with Gasteiger partial charge in [0.15, 0.2) is 0 Å². The van der Waals surface area contributed by atoms with Crippen LogP contribution in [0, 0.1) is 0 Å². The van der Waals surface area contributed by atoms with Crippen molar-refractivity contribution in [2.24, 2.45) is 5.73 Å². The van der Waals surface area contributed by atoms with Crippen molar-refractivity contribution in [1.82, 2.24) is 20.9 Å². The van der Waals surface area contributed by atoms with Crippen LogP contribution >= 0.6 is 12.6 Å². The zero-order chi connectivity index (χ0) is 22.3. The lowest BCUT2D eigenvalue weighted by Crippen LogP contribution is -2.54. The smallest absolute Gasteiger partial charge is 0.325 e. The van der Waals surface area contributed by atoms with Crippen molar-refractivity contribution in [3.8, 4) is 0 Å². The Morgan fingerprint density at radius 3 is 2.53 bits per heavy atom. The van der Waals surface area contributed by atoms with Crippen molar-refractivity contribution in [3.05, 3.63) is 36.0 Å². The van der Waals surface area contributed by atoms with Gasteiger partial charge in [0.05, 0.1) is 12.6 Å². The third kappa shape index (κ3) is 6.22. The van der Waals surface area contributed by atoms with E-state index in [9.17, 15) is 19.2 Å². The quantitative estimate of drug-likeness (QED) is 0.240. The van der Waals surface area contributed by atoms with Gasteiger partial charge in [-0.05, 0) is 18.6 Å². The largest absolute Gasteiger partial charge is 0.480 e. The summed E-state index contributed by atoms with van der Waals surface area (Å²) < 4.78 is 0. The summed E-state index contributed by atoms with van der Waals surface area (Å²) in [6.07, 6.45) is 1.91. The van der Waals surface area contributed by atoms with E-state index in [0.717, 1.165) is 16.5 Å². The molecule has 11 heteroatoms. The first-order chi connectivity index (χ1) is 14.2. The number of aliphatic carboxylic acids is 1. The van der Waals surface area contributed by atoms with E-state index in [0.29, 0.717) is 0 Å². The molecule has 2 rings (SSSR count). The Morgan fingerprint density at radius 1 is 1.17 bits per heavy atom. The fourth-order valence-electron chi connectivity index (χ4n) is 2.74. The third-order valence-electron chi connectivity index (χ3n) is 4.44. The lowest BCUT2D eigenvalue weighted by atomic mass is 10.0. The molecule has 3 unspecified atom stereocenters. The highest BCUT2D eigenvalue weighted by Gasteiger charge is 2.25. The monoisotopic (exact) mass is 435 g/mol. The van der Waals surface area contributed by atoms with Crippen LogP contribution in [0.25, 0.3) is 10.9 Å². The molecule has 3 amide bonds. The van der Waals surface area contributed by atoms with Crippen LogP contribution in [0.2, 0.25) is 0 Å². The van der Waals surface area contributed by atoms with Gasteiger partial charge in [0.25, 0.3) is 0 Å². The van der Waals surface area contributed by atoms with Gasteiger partial charge in [-0.15, -0.1) is 0 Å². The molecule has 0 radical (unpaired) electrons. The summed E-state index contributed by atoms with van der Waals surface area (Å²) in [5, 5.41) is 17.0. The number of benzene rings is 1. The molecule has 0 saturated carbocycles. The predicted molar refractivity (Wildman–Crippen MR) is 114 cm³/mol. The Kier molecular flexibility index (Phi) is 8.25. The van der Waals surface area contributed by atoms with Crippen LogP contribution in [-0.2, 0) is 25.6 Å². The van der Waals surface area contributed by atoms with Gasteiger partial charge < -0.3 is 31.8 Å². The minimum absolute atomic E-state index is 0.0999. The number of H-pyrrole nitrogens is 1. The van der Waals surface area contributed by atoms with Crippen molar-refractivity contribution < 1.29 is 24.3 Å². The number of nitrogens with two attached hydrogens (primary N) is 1. The fourth-order valence-corrected chi connectivity index (χ4v) is 2.90. The van der Waals surface area contributed by atoms with E-state index in [4.69, 9.17) is 10.8 Å². The van der Waals surface area contributed by atoms with Crippen molar-refractivity contribution in [2.75, 3.05) is 12.3 Å². The van der Waals surface area contributed by atoms with Gasteiger partial charge >= 0.3 is 5.97 Å². The van der Waals surface area contributed by atoms with E-state index in [1.54, 1.807) is 6.20 Å². The number of carbonyl (C=O) groups is 4. The number of amides is 3. The number of para-hydroxylation sites is 1. The van der Waals surface area contributed by atoms with Gasteiger partial charge in [-0.3, -0.25) is 19.2 Å². The van der Waals surface area contributed by atoms with Gasteiger partial charge in [0.1, 0.15) is 12.1 Å². The van der Waals surface area contributed by atoms with E-state index >= 15 is 0 Å². The second kappa shape index (κ2) is 10.6. The Bertz CT molecular complexity index is 931. The molecule has 0 aliphatic heterocycles. The molecule has 30 heavy (non-hydrogen) atoms. The lowest BCUT2D eigenvalue weighted by Gasteiger charge is -2.20. The Balaban J connectivity index is 2.10. The highest BCUT2D eigenvalue weighted by Crippen LogP contribution is 2.19. The topological polar surface area (TPSA) is 166 Å². The Morgan fingerprint density at radius 2 is 1.87 bits per heavy atom. The van der Waals surface area contributed by atoms with Gasteiger partial charge in [-0.2, -0.15) is 12.6 Å². The second-order valence-corrected chi connectivity index (χ2v) is 7.12. The summed E-state index contributed by atoms with van der Waals surface area (Å²) in [6.45, 7) is 0.871. The average Bonchev–Trinajstić information content (AvgIpc) is 3.13. The summed E-state index contributed by atoms with van der Waals surface area (Å²) in [5.41, 5.74) is 7.37. The summed E-state index contributed by atoms with van der Waals surface area (Å²) in [7, 11) is 0. The van der Waals surface area contributed by atoms with Crippen LogP contribution in [0.1, 0.15) is 12.5 Å². The number of rotatable bonds is 10. The van der Waals surface area contributed by atoms with Crippen LogP contribution in [0.15, 0.2) is 30.5 Å². The number of thiol groups is 1. The maximum absolute atomic E-state index is 12.7. The van der Waals surface area contributed by atoms with E-state index < -0.39 is 48.4 Å². The van der Waals surface area contributed by atoms with Gasteiger partial charge in [-0.25, -0.2) is 0 Å². The molecule has 0 saturated heterocycles. The van der Waals surface area contributed by atoms with Crippen LogP contribution in [0.3, 0.4) is 0 Å². The maximum atomic E-state index is 12.7. The zero-order valence-corrected chi connectivity index (χ0v) is 17.2. The molecule has 7 N–H and O–H groups in total. The molecular formula is C19H25N5O5S. The van der Waals surface area contributed by atoms with Gasteiger partial charge in [0, 0.05) is 29.3 Å². The number of carboxylic acids is 1. The highest BCUT2D eigenvalue weighted by atomic mass is 32.1. The number of hydrogen-bond donors (Lipinski definition) is 7. The molecule has 0 aliphatic rings. The number of hydrogen-bond acceptors (Lipinski definition) is 6. The number of nitrogens with one attached hydrogen (secondary N) is 4. The van der Waals surface area contributed by atoms with E-state index in [1.807, 2.05) is 24.3 Å². The Labute approximate surface area is 178 Å². The van der Waals surface area contributed by atoms with Crippen molar-refractivity contribution in [1.29, 1.82) is 0 Å². The number of carboxylic acid groups (broad SMARTS) is 1. The minimum Gasteiger partial charge on any atom is -0.480 e. The lowest BCUT2D eigenvalue weighted by molar-refractivity contribution is -0.141. The third-order valence-corrected chi connectivity index (χ3v) is 4.83. The summed E-state index contributed by atoms with van der Waals surface area (Å²) in [4.78, 5) is 50.7. The first-order valence-electron chi connectivity index (χ1n) is 9.24. The second-order valence-electron chi connectivity index (χ2n) is 6.76. The molecule has 3 atom stereocenters. The number of carbonyl (C=O) groups excluding carboxylic acids is 3. The van der Waals surface area contributed by atoms with E-state index in [-0.39, 0.29) is 12.2 Å². The van der Waals surface area contributed by atoms with Gasteiger partial charge in [0.2, 0.25) is 17.7 Å². The summed E-state index contributed by atoms with van der Waals surface area (Å²) in [6, 6.07) is 4.52. The molecule has 0 fully saturated rings. The number of aromatic amines is 1. The van der Waals surface area contributed by atoms with Crippen molar-refractivity contribution in [3.63, 3.8) is 0 Å². The van der Waals surface area contributed by atoms with E-state index in [1.165, 1.54) is 6.92 Å². The molecule has 162 valence electrons. The molecule has 0 bridgehead atoms. The van der Waals surface area contributed by atoms with Crippen LogP contribution in [-0.4, -0.2) is 64.2 Å². The molecule has 1 aromatic heterocycles. The zero-order valence-electron chi connectivity index (χ0n) is 16.3. The SMILES string of the molecule is CC(NC(=O)CNC(=O)C(Cc1c[nH]c2ccccc12)NC(=O)C(N)CS)C(=O)O. The summed E-state index contributed by atoms with van der Waals surface area (Å²) in [5.74, 6) is -2.91. The molecular weight excluding hydrogens is 410 g/mol. The minimum atomic E-state index is -1.19. The Hall–Kier alpha value is -3.05. The van der Waals surface area contributed by atoms with Crippen LogP contribution in [0.4, 0.5) is 0 Å². The molecule has 1 heterocycles. The van der Waals surface area contributed by atoms with Gasteiger partial charge in [-0.1, -0.05) is 18.2 Å². The maximum Gasteiger partial charge on any atom is 0.325 e. The van der Waals surface area contributed by atoms with Crippen LogP contribution in [0.5, 0.6) is 0 Å². The first-order valence-corrected chi connectivity index (χ1v) is 9.87. The highest BCUT2D eigenvalue weighted by molar-refractivity contribution is 7.80. The van der Waals surface area contributed by atoms with Crippen molar-refractivity contribution in [2.45, 2.75) is 31.5 Å². The molecule has 0 spiro atoms. The summed E-state index contributed by atoms with van der Waals surface area (Å²) >= 11 is 3.99. The standard InChI is InChI=1S/C19H25N5O5S/c1-10(19(28)29)23-16(25)8-22-18(27)15(24-17(26)13(20)9-30)6-11-7-21-14-5-3-2-4-12(11)14/h2-5,7,10,13,15,21,30H,6,8-9,20H2,1H3,(H,22,27)(H,23,25)(H,24,26)(H,28,29). The molecule has 0 aliphatic carbocycles. The normalized spacial score (nSPS) is 13.8. The van der Waals surface area contributed by atoms with Crippen LogP contribution < -0.4 is 21.7 Å². The van der Waals surface area contributed by atoms with E-state index in [2.05, 4.69) is 33.6 Å².